The minimum Gasteiger partial charge on any atom is -0.335 e. The molecular weight excluding hydrogens is 212 g/mol. The fourth-order valence-corrected chi connectivity index (χ4v) is 1.68. The Bertz CT molecular complexity index is 510. The third-order valence-corrected chi connectivity index (χ3v) is 2.63. The number of hydrogen-bond acceptors (Lipinski definition) is 3. The van der Waals surface area contributed by atoms with E-state index >= 15 is 0 Å². The number of nitrogens with one attached hydrogen (secondary N) is 1. The zero-order chi connectivity index (χ0) is 12.1. The van der Waals surface area contributed by atoms with Gasteiger partial charge in [0.05, 0.1) is 24.3 Å². The average Bonchev–Trinajstić information content (AvgIpc) is 2.78. The van der Waals surface area contributed by atoms with Gasteiger partial charge in [-0.1, -0.05) is 30.3 Å². The summed E-state index contributed by atoms with van der Waals surface area (Å²) >= 11 is 0. The Morgan fingerprint density at radius 2 is 2.18 bits per heavy atom. The first kappa shape index (κ1) is 11.4. The molecule has 0 radical (unpaired) electrons. The highest BCUT2D eigenvalue weighted by molar-refractivity contribution is 5.17. The Morgan fingerprint density at radius 1 is 1.41 bits per heavy atom. The molecule has 0 spiro atoms. The molecule has 1 N–H and O–H groups in total. The van der Waals surface area contributed by atoms with E-state index in [0.717, 1.165) is 11.3 Å². The molecule has 0 aliphatic heterocycles. The normalized spacial score (nSPS) is 12.0. The fourth-order valence-electron chi connectivity index (χ4n) is 1.68. The number of hydrogen-bond donors (Lipinski definition) is 1. The van der Waals surface area contributed by atoms with E-state index in [1.807, 2.05) is 41.9 Å². The summed E-state index contributed by atoms with van der Waals surface area (Å²) in [5.74, 6) is 0. The summed E-state index contributed by atoms with van der Waals surface area (Å²) < 4.78 is 1.85. The summed E-state index contributed by atoms with van der Waals surface area (Å²) in [7, 11) is 1.89. The summed E-state index contributed by atoms with van der Waals surface area (Å²) in [6.45, 7) is 0.671. The topological polar surface area (TPSA) is 53.6 Å². The maximum Gasteiger partial charge on any atom is 0.138 e. The molecule has 1 aromatic heterocycles. The highest BCUT2D eigenvalue weighted by atomic mass is 15.1. The number of rotatable bonds is 4. The van der Waals surface area contributed by atoms with E-state index in [0.29, 0.717) is 6.54 Å². The molecule has 0 aliphatic rings. The SMILES string of the molecule is Cn1cncc1C(C#N)NCc1ccccc1. The quantitative estimate of drug-likeness (QED) is 0.864. The third-order valence-electron chi connectivity index (χ3n) is 2.63. The van der Waals surface area contributed by atoms with Crippen LogP contribution in [0.15, 0.2) is 42.9 Å². The van der Waals surface area contributed by atoms with E-state index < -0.39 is 0 Å². The summed E-state index contributed by atoms with van der Waals surface area (Å²) in [5, 5.41) is 12.4. The lowest BCUT2D eigenvalue weighted by atomic mass is 10.2. The Balaban J connectivity index is 2.03. The van der Waals surface area contributed by atoms with Crippen LogP contribution in [0.4, 0.5) is 0 Å². The van der Waals surface area contributed by atoms with E-state index in [2.05, 4.69) is 16.4 Å². The van der Waals surface area contributed by atoms with Crippen LogP contribution < -0.4 is 5.32 Å². The summed E-state index contributed by atoms with van der Waals surface area (Å²) in [5.41, 5.74) is 2.04. The van der Waals surface area contributed by atoms with Gasteiger partial charge in [-0.25, -0.2) is 4.98 Å². The molecule has 0 saturated heterocycles. The first-order chi connectivity index (χ1) is 8.31. The van der Waals surface area contributed by atoms with Crippen molar-refractivity contribution in [3.05, 3.63) is 54.1 Å². The van der Waals surface area contributed by atoms with Crippen LogP contribution in [-0.4, -0.2) is 9.55 Å². The number of nitrogens with zero attached hydrogens (tertiary/aromatic N) is 3. The maximum absolute atomic E-state index is 9.15. The van der Waals surface area contributed by atoms with Crippen molar-refractivity contribution in [2.24, 2.45) is 7.05 Å². The second-order valence-corrected chi connectivity index (χ2v) is 3.86. The van der Waals surface area contributed by atoms with Crippen molar-refractivity contribution in [2.75, 3.05) is 0 Å². The van der Waals surface area contributed by atoms with Crippen molar-refractivity contribution >= 4 is 0 Å². The van der Waals surface area contributed by atoms with E-state index in [1.54, 1.807) is 12.5 Å². The number of benzene rings is 1. The molecule has 1 aromatic carbocycles. The Kier molecular flexibility index (Phi) is 3.53. The molecule has 0 saturated carbocycles. The van der Waals surface area contributed by atoms with Gasteiger partial charge in [0.2, 0.25) is 0 Å². The Morgan fingerprint density at radius 3 is 2.76 bits per heavy atom. The standard InChI is InChI=1S/C13H14N4/c1-17-10-15-9-13(17)12(7-14)16-8-11-5-3-2-4-6-11/h2-6,9-10,12,16H,8H2,1H3. The summed E-state index contributed by atoms with van der Waals surface area (Å²) in [4.78, 5) is 4.02. The number of nitriles is 1. The van der Waals surface area contributed by atoms with Crippen LogP contribution in [0.1, 0.15) is 17.3 Å². The van der Waals surface area contributed by atoms with Gasteiger partial charge in [-0.2, -0.15) is 5.26 Å². The predicted molar refractivity (Wildman–Crippen MR) is 64.8 cm³/mol. The van der Waals surface area contributed by atoms with Crippen LogP contribution in [0.2, 0.25) is 0 Å². The smallest absolute Gasteiger partial charge is 0.138 e. The monoisotopic (exact) mass is 226 g/mol. The minimum atomic E-state index is -0.331. The molecule has 4 heteroatoms. The first-order valence-corrected chi connectivity index (χ1v) is 5.44. The molecular formula is C13H14N4. The lowest BCUT2D eigenvalue weighted by molar-refractivity contribution is 0.596. The molecule has 86 valence electrons. The second-order valence-electron chi connectivity index (χ2n) is 3.86. The molecule has 1 atom stereocenters. The second kappa shape index (κ2) is 5.28. The molecule has 4 nitrogen and oxygen atoms in total. The van der Waals surface area contributed by atoms with Gasteiger partial charge in [-0.05, 0) is 5.56 Å². The predicted octanol–water partition coefficient (Wildman–Crippen LogP) is 1.77. The van der Waals surface area contributed by atoms with Crippen molar-refractivity contribution in [2.45, 2.75) is 12.6 Å². The van der Waals surface area contributed by atoms with Gasteiger partial charge in [0.15, 0.2) is 0 Å². The lowest BCUT2D eigenvalue weighted by Crippen LogP contribution is -2.21. The van der Waals surface area contributed by atoms with Gasteiger partial charge in [0, 0.05) is 13.6 Å². The molecule has 17 heavy (non-hydrogen) atoms. The lowest BCUT2D eigenvalue weighted by Gasteiger charge is -2.11. The Hall–Kier alpha value is -2.12. The van der Waals surface area contributed by atoms with Crippen molar-refractivity contribution < 1.29 is 0 Å². The molecule has 0 amide bonds. The van der Waals surface area contributed by atoms with Gasteiger partial charge in [-0.3, -0.25) is 5.32 Å². The molecule has 1 heterocycles. The molecule has 0 aliphatic carbocycles. The van der Waals surface area contributed by atoms with Crippen molar-refractivity contribution in [1.82, 2.24) is 14.9 Å². The first-order valence-electron chi connectivity index (χ1n) is 5.44. The number of imidazole rings is 1. The van der Waals surface area contributed by atoms with Gasteiger partial charge >= 0.3 is 0 Å². The third kappa shape index (κ3) is 2.71. The maximum atomic E-state index is 9.15. The molecule has 2 rings (SSSR count). The van der Waals surface area contributed by atoms with Crippen molar-refractivity contribution in [3.8, 4) is 6.07 Å². The fraction of sp³-hybridized carbons (Fsp3) is 0.231. The van der Waals surface area contributed by atoms with Crippen LogP contribution in [0.25, 0.3) is 0 Å². The largest absolute Gasteiger partial charge is 0.335 e. The van der Waals surface area contributed by atoms with E-state index in [1.165, 1.54) is 0 Å². The van der Waals surface area contributed by atoms with E-state index in [4.69, 9.17) is 5.26 Å². The summed E-state index contributed by atoms with van der Waals surface area (Å²) in [6.07, 6.45) is 3.41. The molecule has 2 aromatic rings. The zero-order valence-corrected chi connectivity index (χ0v) is 9.67. The summed E-state index contributed by atoms with van der Waals surface area (Å²) in [6, 6.07) is 11.9. The van der Waals surface area contributed by atoms with Gasteiger partial charge in [0.25, 0.3) is 0 Å². The van der Waals surface area contributed by atoms with Gasteiger partial charge < -0.3 is 4.57 Å². The highest BCUT2D eigenvalue weighted by Gasteiger charge is 2.12. The van der Waals surface area contributed by atoms with Crippen molar-refractivity contribution in [1.29, 1.82) is 5.26 Å². The molecule has 0 fully saturated rings. The Labute approximate surface area is 101 Å². The van der Waals surface area contributed by atoms with Crippen LogP contribution >= 0.6 is 0 Å². The number of aromatic nitrogens is 2. The molecule has 0 bridgehead atoms. The highest BCUT2D eigenvalue weighted by Crippen LogP contribution is 2.11. The average molecular weight is 226 g/mol. The van der Waals surface area contributed by atoms with Gasteiger partial charge in [0.1, 0.15) is 6.04 Å². The van der Waals surface area contributed by atoms with Crippen LogP contribution in [0, 0.1) is 11.3 Å². The van der Waals surface area contributed by atoms with Crippen LogP contribution in [0.5, 0.6) is 0 Å². The van der Waals surface area contributed by atoms with Crippen LogP contribution in [-0.2, 0) is 13.6 Å². The number of aryl methyl sites for hydroxylation is 1. The molecule has 1 unspecified atom stereocenters. The van der Waals surface area contributed by atoms with E-state index in [-0.39, 0.29) is 6.04 Å². The van der Waals surface area contributed by atoms with E-state index in [9.17, 15) is 0 Å². The van der Waals surface area contributed by atoms with Crippen LogP contribution in [0.3, 0.4) is 0 Å². The van der Waals surface area contributed by atoms with Crippen molar-refractivity contribution in [3.63, 3.8) is 0 Å². The van der Waals surface area contributed by atoms with Gasteiger partial charge in [-0.15, -0.1) is 0 Å². The zero-order valence-electron chi connectivity index (χ0n) is 9.67. The minimum absolute atomic E-state index is 0.331.